The van der Waals surface area contributed by atoms with Crippen LogP contribution in [0, 0.1) is 0 Å². The maximum absolute atomic E-state index is 5.31. The van der Waals surface area contributed by atoms with Gasteiger partial charge in [0, 0.05) is 0 Å². The van der Waals surface area contributed by atoms with Crippen LogP contribution < -0.4 is 4.74 Å². The van der Waals surface area contributed by atoms with Gasteiger partial charge in [-0.25, -0.2) is 0 Å². The van der Waals surface area contributed by atoms with Gasteiger partial charge in [-0.05, 0) is 60.1 Å². The van der Waals surface area contributed by atoms with E-state index in [0.29, 0.717) is 0 Å². The average Bonchev–Trinajstić information content (AvgIpc) is 2.41. The van der Waals surface area contributed by atoms with E-state index in [2.05, 4.69) is 36.4 Å². The molecule has 3 rings (SSSR count). The van der Waals surface area contributed by atoms with E-state index in [1.165, 1.54) is 35.1 Å². The van der Waals surface area contributed by atoms with Crippen LogP contribution in [0.5, 0.6) is 5.75 Å². The third kappa shape index (κ3) is 2.13. The largest absolute Gasteiger partial charge is 0.497 e. The summed E-state index contributed by atoms with van der Waals surface area (Å²) in [7, 11) is 1.73. The van der Waals surface area contributed by atoms with Gasteiger partial charge in [-0.1, -0.05) is 30.4 Å². The molecule has 1 aromatic rings. The van der Waals surface area contributed by atoms with Crippen molar-refractivity contribution in [2.75, 3.05) is 7.11 Å². The zero-order valence-corrected chi connectivity index (χ0v) is 10.8. The lowest BCUT2D eigenvalue weighted by Gasteiger charge is -2.18. The fraction of sp³-hybridized carbons (Fsp3) is 0.294. The minimum atomic E-state index is 0.955. The van der Waals surface area contributed by atoms with Crippen LogP contribution >= 0.6 is 0 Å². The Morgan fingerprint density at radius 1 is 1.00 bits per heavy atom. The Morgan fingerprint density at radius 3 is 2.78 bits per heavy atom. The fourth-order valence-electron chi connectivity index (χ4n) is 2.70. The predicted octanol–water partition coefficient (Wildman–Crippen LogP) is 4.30. The highest BCUT2D eigenvalue weighted by atomic mass is 16.5. The topological polar surface area (TPSA) is 9.23 Å². The zero-order valence-electron chi connectivity index (χ0n) is 10.8. The highest BCUT2D eigenvalue weighted by Gasteiger charge is 2.11. The van der Waals surface area contributed by atoms with Gasteiger partial charge in [0.2, 0.25) is 0 Å². The van der Waals surface area contributed by atoms with Crippen molar-refractivity contribution >= 4 is 6.08 Å². The van der Waals surface area contributed by atoms with E-state index in [-0.39, 0.29) is 0 Å². The number of fused-ring (bicyclic) bond motifs is 2. The third-order valence-corrected chi connectivity index (χ3v) is 3.75. The number of ether oxygens (including phenoxy) is 1. The van der Waals surface area contributed by atoms with Gasteiger partial charge in [0.25, 0.3) is 0 Å². The highest BCUT2D eigenvalue weighted by Crippen LogP contribution is 2.30. The number of aryl methyl sites for hydroxylation is 1. The van der Waals surface area contributed by atoms with E-state index < -0.39 is 0 Å². The third-order valence-electron chi connectivity index (χ3n) is 3.75. The van der Waals surface area contributed by atoms with Gasteiger partial charge in [0.1, 0.15) is 5.75 Å². The van der Waals surface area contributed by atoms with Crippen LogP contribution in [0.1, 0.15) is 30.4 Å². The van der Waals surface area contributed by atoms with Crippen LogP contribution in [0.4, 0.5) is 0 Å². The number of hydrogen-bond acceptors (Lipinski definition) is 1. The molecule has 1 nitrogen and oxygen atoms in total. The lowest BCUT2D eigenvalue weighted by Crippen LogP contribution is -2.00. The van der Waals surface area contributed by atoms with Gasteiger partial charge in [0.15, 0.2) is 0 Å². The molecule has 0 N–H and O–H groups in total. The average molecular weight is 238 g/mol. The van der Waals surface area contributed by atoms with Crippen molar-refractivity contribution in [2.45, 2.75) is 25.7 Å². The molecular weight excluding hydrogens is 220 g/mol. The molecule has 0 aliphatic heterocycles. The van der Waals surface area contributed by atoms with Crippen molar-refractivity contribution < 1.29 is 4.74 Å². The molecule has 0 atom stereocenters. The molecule has 2 aliphatic rings. The molecule has 0 amide bonds. The Morgan fingerprint density at radius 2 is 1.89 bits per heavy atom. The van der Waals surface area contributed by atoms with Crippen LogP contribution in [0.2, 0.25) is 0 Å². The normalized spacial score (nSPS) is 19.6. The summed E-state index contributed by atoms with van der Waals surface area (Å²) in [5.41, 5.74) is 5.63. The number of allylic oxidation sites excluding steroid dienone is 5. The van der Waals surface area contributed by atoms with Crippen LogP contribution in [-0.2, 0) is 6.42 Å². The summed E-state index contributed by atoms with van der Waals surface area (Å²) >= 11 is 0. The summed E-state index contributed by atoms with van der Waals surface area (Å²) in [5, 5.41) is 0. The molecule has 0 saturated heterocycles. The molecule has 1 aromatic carbocycles. The molecule has 0 bridgehead atoms. The second-order valence-corrected chi connectivity index (χ2v) is 4.86. The Hall–Kier alpha value is -1.76. The van der Waals surface area contributed by atoms with Crippen molar-refractivity contribution in [1.82, 2.24) is 0 Å². The monoisotopic (exact) mass is 238 g/mol. The van der Waals surface area contributed by atoms with E-state index >= 15 is 0 Å². The van der Waals surface area contributed by atoms with Crippen molar-refractivity contribution in [2.24, 2.45) is 0 Å². The first-order chi connectivity index (χ1) is 8.86. The summed E-state index contributed by atoms with van der Waals surface area (Å²) < 4.78 is 5.31. The Labute approximate surface area is 108 Å². The van der Waals surface area contributed by atoms with Crippen molar-refractivity contribution in [3.63, 3.8) is 0 Å². The van der Waals surface area contributed by atoms with E-state index in [4.69, 9.17) is 4.74 Å². The molecule has 18 heavy (non-hydrogen) atoms. The van der Waals surface area contributed by atoms with Crippen LogP contribution in [-0.4, -0.2) is 7.11 Å². The number of benzene rings is 1. The molecule has 0 heterocycles. The minimum absolute atomic E-state index is 0.955. The first kappa shape index (κ1) is 11.3. The van der Waals surface area contributed by atoms with Gasteiger partial charge < -0.3 is 4.74 Å². The van der Waals surface area contributed by atoms with Crippen LogP contribution in [0.15, 0.2) is 47.6 Å². The van der Waals surface area contributed by atoms with Gasteiger partial charge in [-0.2, -0.15) is 0 Å². The summed E-state index contributed by atoms with van der Waals surface area (Å²) in [6.07, 6.45) is 13.9. The van der Waals surface area contributed by atoms with Crippen LogP contribution in [0.25, 0.3) is 6.08 Å². The Balaban J connectivity index is 2.00. The van der Waals surface area contributed by atoms with Gasteiger partial charge >= 0.3 is 0 Å². The first-order valence-electron chi connectivity index (χ1n) is 6.61. The van der Waals surface area contributed by atoms with Crippen molar-refractivity contribution in [3.05, 3.63) is 58.7 Å². The van der Waals surface area contributed by atoms with Gasteiger partial charge in [-0.3, -0.25) is 0 Å². The smallest absolute Gasteiger partial charge is 0.119 e. The lowest BCUT2D eigenvalue weighted by atomic mass is 9.88. The summed E-state index contributed by atoms with van der Waals surface area (Å²) in [6, 6.07) is 6.36. The molecular formula is C17H18O. The maximum Gasteiger partial charge on any atom is 0.119 e. The number of methoxy groups -OCH3 is 1. The highest BCUT2D eigenvalue weighted by molar-refractivity contribution is 5.62. The molecule has 92 valence electrons. The van der Waals surface area contributed by atoms with E-state index in [0.717, 1.165) is 18.6 Å². The molecule has 0 radical (unpaired) electrons. The Kier molecular flexibility index (Phi) is 3.06. The SMILES string of the molecule is COc1ccc2c(c1)CCC1=CCCC=C1/C=C\2. The summed E-state index contributed by atoms with van der Waals surface area (Å²) in [6.45, 7) is 0. The summed E-state index contributed by atoms with van der Waals surface area (Å²) in [4.78, 5) is 0. The van der Waals surface area contributed by atoms with Crippen LogP contribution in [0.3, 0.4) is 0 Å². The molecule has 0 unspecified atom stereocenters. The Bertz CT molecular complexity index is 547. The minimum Gasteiger partial charge on any atom is -0.497 e. The summed E-state index contributed by atoms with van der Waals surface area (Å²) in [5.74, 6) is 0.955. The molecule has 0 aromatic heterocycles. The standard InChI is InChI=1S/C17H18O/c1-18-17-11-10-15-7-6-13-4-2-3-5-14(13)8-9-16(15)12-17/h4-7,10-12H,2-3,8-9H2,1H3/b7-6-. The molecule has 0 fully saturated rings. The van der Waals surface area contributed by atoms with Crippen molar-refractivity contribution in [3.8, 4) is 5.75 Å². The second-order valence-electron chi connectivity index (χ2n) is 4.86. The number of hydrogen-bond donors (Lipinski definition) is 0. The lowest BCUT2D eigenvalue weighted by molar-refractivity contribution is 0.414. The number of rotatable bonds is 1. The maximum atomic E-state index is 5.31. The van der Waals surface area contributed by atoms with E-state index in [1.807, 2.05) is 6.07 Å². The fourth-order valence-corrected chi connectivity index (χ4v) is 2.70. The van der Waals surface area contributed by atoms with E-state index in [1.54, 1.807) is 7.11 Å². The van der Waals surface area contributed by atoms with E-state index in [9.17, 15) is 0 Å². The molecule has 0 saturated carbocycles. The van der Waals surface area contributed by atoms with Gasteiger partial charge in [-0.15, -0.1) is 0 Å². The quantitative estimate of drug-likeness (QED) is 0.708. The predicted molar refractivity (Wildman–Crippen MR) is 75.7 cm³/mol. The van der Waals surface area contributed by atoms with Crippen molar-refractivity contribution in [1.29, 1.82) is 0 Å². The van der Waals surface area contributed by atoms with Gasteiger partial charge in [0.05, 0.1) is 7.11 Å². The first-order valence-corrected chi connectivity index (χ1v) is 6.61. The zero-order chi connectivity index (χ0) is 12.4. The second kappa shape index (κ2) is 4.85. The molecule has 2 aliphatic carbocycles. The molecule has 0 spiro atoms. The molecule has 1 heteroatoms.